The van der Waals surface area contributed by atoms with Gasteiger partial charge < -0.3 is 4.74 Å². The van der Waals surface area contributed by atoms with E-state index in [0.29, 0.717) is 17.3 Å². The van der Waals surface area contributed by atoms with E-state index in [1.807, 2.05) is 6.07 Å². The van der Waals surface area contributed by atoms with Gasteiger partial charge in [-0.25, -0.2) is 4.98 Å². The van der Waals surface area contributed by atoms with Crippen molar-refractivity contribution in [2.45, 2.75) is 6.10 Å². The highest BCUT2D eigenvalue weighted by molar-refractivity contribution is 5.98. The molecule has 0 saturated heterocycles. The van der Waals surface area contributed by atoms with Crippen LogP contribution in [0.3, 0.4) is 0 Å². The zero-order valence-corrected chi connectivity index (χ0v) is 9.78. The maximum Gasteiger partial charge on any atom is 0.275 e. The van der Waals surface area contributed by atoms with Crippen LogP contribution in [-0.2, 0) is 4.79 Å². The first-order chi connectivity index (χ1) is 8.77. The van der Waals surface area contributed by atoms with Crippen LogP contribution in [0.4, 0.5) is 5.82 Å². The number of pyridine rings is 2. The van der Waals surface area contributed by atoms with Gasteiger partial charge in [0, 0.05) is 19.4 Å². The van der Waals surface area contributed by atoms with Gasteiger partial charge >= 0.3 is 0 Å². The van der Waals surface area contributed by atoms with Gasteiger partial charge in [0.15, 0.2) is 11.6 Å². The molecule has 1 atom stereocenters. The molecule has 2 aromatic rings. The van der Waals surface area contributed by atoms with Crippen LogP contribution < -0.4 is 9.64 Å². The zero-order valence-electron chi connectivity index (χ0n) is 9.78. The highest BCUT2D eigenvalue weighted by Gasteiger charge is 2.34. The van der Waals surface area contributed by atoms with E-state index in [-0.39, 0.29) is 5.91 Å². The van der Waals surface area contributed by atoms with Gasteiger partial charge in [0.25, 0.3) is 5.91 Å². The molecule has 1 aliphatic rings. The molecule has 2 aromatic heterocycles. The molecular weight excluding hydrogens is 230 g/mol. The predicted octanol–water partition coefficient (Wildman–Crippen LogP) is 1.57. The van der Waals surface area contributed by atoms with Crippen molar-refractivity contribution < 1.29 is 9.53 Å². The van der Waals surface area contributed by atoms with E-state index in [9.17, 15) is 4.79 Å². The first kappa shape index (κ1) is 10.7. The van der Waals surface area contributed by atoms with Gasteiger partial charge in [0.2, 0.25) is 6.10 Å². The SMILES string of the molecule is CN1C(=O)C(c2ccccn2)Oc2cccnc21. The Bertz CT molecular complexity index is 586. The van der Waals surface area contributed by atoms with E-state index in [1.54, 1.807) is 43.7 Å². The lowest BCUT2D eigenvalue weighted by Crippen LogP contribution is -2.39. The number of likely N-dealkylation sites (N-methyl/N-ethyl adjacent to an activating group) is 1. The quantitative estimate of drug-likeness (QED) is 0.760. The predicted molar refractivity (Wildman–Crippen MR) is 65.3 cm³/mol. The second-order valence-corrected chi connectivity index (χ2v) is 3.97. The van der Waals surface area contributed by atoms with E-state index < -0.39 is 6.10 Å². The number of carbonyl (C=O) groups is 1. The van der Waals surface area contributed by atoms with E-state index >= 15 is 0 Å². The van der Waals surface area contributed by atoms with Gasteiger partial charge in [-0.1, -0.05) is 6.07 Å². The first-order valence-corrected chi connectivity index (χ1v) is 5.57. The largest absolute Gasteiger partial charge is 0.470 e. The van der Waals surface area contributed by atoms with Crippen molar-refractivity contribution in [1.29, 1.82) is 0 Å². The molecule has 0 aromatic carbocycles. The van der Waals surface area contributed by atoms with Crippen molar-refractivity contribution in [2.24, 2.45) is 0 Å². The van der Waals surface area contributed by atoms with Crippen LogP contribution >= 0.6 is 0 Å². The average Bonchev–Trinajstić information content (AvgIpc) is 2.44. The summed E-state index contributed by atoms with van der Waals surface area (Å²) >= 11 is 0. The molecule has 18 heavy (non-hydrogen) atoms. The number of fused-ring (bicyclic) bond motifs is 1. The number of hydrogen-bond donors (Lipinski definition) is 0. The van der Waals surface area contributed by atoms with Gasteiger partial charge in [-0.2, -0.15) is 0 Å². The minimum atomic E-state index is -0.701. The van der Waals surface area contributed by atoms with Crippen molar-refractivity contribution in [3.63, 3.8) is 0 Å². The van der Waals surface area contributed by atoms with Crippen molar-refractivity contribution >= 4 is 11.7 Å². The third-order valence-electron chi connectivity index (χ3n) is 2.82. The molecule has 1 amide bonds. The van der Waals surface area contributed by atoms with Crippen LogP contribution in [0.1, 0.15) is 11.8 Å². The lowest BCUT2D eigenvalue weighted by molar-refractivity contribution is -0.126. The number of carbonyl (C=O) groups excluding carboxylic acids is 1. The van der Waals surface area contributed by atoms with Crippen molar-refractivity contribution in [3.8, 4) is 5.75 Å². The molecule has 0 spiro atoms. The minimum Gasteiger partial charge on any atom is -0.470 e. The molecule has 90 valence electrons. The second-order valence-electron chi connectivity index (χ2n) is 3.97. The molecule has 0 fully saturated rings. The summed E-state index contributed by atoms with van der Waals surface area (Å²) < 4.78 is 5.68. The van der Waals surface area contributed by atoms with Crippen LogP contribution in [0.2, 0.25) is 0 Å². The topological polar surface area (TPSA) is 55.3 Å². The standard InChI is InChI=1S/C13H11N3O2/c1-16-12-10(6-4-8-15-12)18-11(13(16)17)9-5-2-3-7-14-9/h2-8,11H,1H3. The number of nitrogens with zero attached hydrogens (tertiary/aromatic N) is 3. The van der Waals surface area contributed by atoms with Crippen LogP contribution in [0, 0.1) is 0 Å². The maximum absolute atomic E-state index is 12.2. The normalized spacial score (nSPS) is 18.2. The first-order valence-electron chi connectivity index (χ1n) is 5.57. The minimum absolute atomic E-state index is 0.167. The van der Waals surface area contributed by atoms with E-state index in [1.165, 1.54) is 4.90 Å². The summed E-state index contributed by atoms with van der Waals surface area (Å²) in [6.07, 6.45) is 2.57. The van der Waals surface area contributed by atoms with Crippen LogP contribution in [0.25, 0.3) is 0 Å². The van der Waals surface area contributed by atoms with Crippen LogP contribution in [0.5, 0.6) is 5.75 Å². The average molecular weight is 241 g/mol. The Hall–Kier alpha value is -2.43. The molecular formula is C13H11N3O2. The highest BCUT2D eigenvalue weighted by atomic mass is 16.5. The third-order valence-corrected chi connectivity index (χ3v) is 2.82. The molecule has 0 saturated carbocycles. The Balaban J connectivity index is 2.04. The molecule has 3 rings (SSSR count). The molecule has 1 unspecified atom stereocenters. The van der Waals surface area contributed by atoms with E-state index in [2.05, 4.69) is 9.97 Å². The lowest BCUT2D eigenvalue weighted by atomic mass is 10.1. The Morgan fingerprint density at radius 3 is 2.78 bits per heavy atom. The molecule has 0 bridgehead atoms. The number of amides is 1. The summed E-state index contributed by atoms with van der Waals surface area (Å²) in [6.45, 7) is 0. The summed E-state index contributed by atoms with van der Waals surface area (Å²) in [7, 11) is 1.69. The van der Waals surface area contributed by atoms with Gasteiger partial charge in [0.1, 0.15) is 0 Å². The molecule has 3 heterocycles. The zero-order chi connectivity index (χ0) is 12.5. The van der Waals surface area contributed by atoms with Crippen molar-refractivity contribution in [3.05, 3.63) is 48.4 Å². The van der Waals surface area contributed by atoms with Gasteiger partial charge in [-0.15, -0.1) is 0 Å². The van der Waals surface area contributed by atoms with Crippen molar-refractivity contribution in [2.75, 3.05) is 11.9 Å². The van der Waals surface area contributed by atoms with Gasteiger partial charge in [-0.3, -0.25) is 14.7 Å². The number of anilines is 1. The monoisotopic (exact) mass is 241 g/mol. The number of ether oxygens (including phenoxy) is 1. The highest BCUT2D eigenvalue weighted by Crippen LogP contribution is 2.35. The van der Waals surface area contributed by atoms with E-state index in [4.69, 9.17) is 4.74 Å². The molecule has 0 N–H and O–H groups in total. The molecule has 0 aliphatic carbocycles. The Kier molecular flexibility index (Phi) is 2.44. The summed E-state index contributed by atoms with van der Waals surface area (Å²) in [5.41, 5.74) is 0.601. The summed E-state index contributed by atoms with van der Waals surface area (Å²) in [5, 5.41) is 0. The Morgan fingerprint density at radius 2 is 2.00 bits per heavy atom. The lowest BCUT2D eigenvalue weighted by Gasteiger charge is -2.30. The third kappa shape index (κ3) is 1.60. The summed E-state index contributed by atoms with van der Waals surface area (Å²) in [4.78, 5) is 22.0. The van der Waals surface area contributed by atoms with Crippen molar-refractivity contribution in [1.82, 2.24) is 9.97 Å². The van der Waals surface area contributed by atoms with E-state index in [0.717, 1.165) is 0 Å². The molecule has 1 aliphatic heterocycles. The Labute approximate surface area is 104 Å². The smallest absolute Gasteiger partial charge is 0.275 e. The fourth-order valence-electron chi connectivity index (χ4n) is 1.90. The number of hydrogen-bond acceptors (Lipinski definition) is 4. The second kappa shape index (κ2) is 4.10. The fraction of sp³-hybridized carbons (Fsp3) is 0.154. The molecule has 5 nitrogen and oxygen atoms in total. The summed E-state index contributed by atoms with van der Waals surface area (Å²) in [5.74, 6) is 0.963. The van der Waals surface area contributed by atoms with Crippen LogP contribution in [0.15, 0.2) is 42.7 Å². The molecule has 5 heteroatoms. The maximum atomic E-state index is 12.2. The number of aromatic nitrogens is 2. The number of rotatable bonds is 1. The van der Waals surface area contributed by atoms with Gasteiger partial charge in [-0.05, 0) is 24.3 Å². The Morgan fingerprint density at radius 1 is 1.17 bits per heavy atom. The van der Waals surface area contributed by atoms with Crippen LogP contribution in [-0.4, -0.2) is 22.9 Å². The molecule has 0 radical (unpaired) electrons. The summed E-state index contributed by atoms with van der Waals surface area (Å²) in [6, 6.07) is 8.98. The fourth-order valence-corrected chi connectivity index (χ4v) is 1.90. The van der Waals surface area contributed by atoms with Gasteiger partial charge in [0.05, 0.1) is 5.69 Å².